The fourth-order valence-electron chi connectivity index (χ4n) is 2.67. The molecule has 0 radical (unpaired) electrons. The minimum absolute atomic E-state index is 0.148. The maximum atomic E-state index is 12.4. The number of nitrogens with zero attached hydrogens (tertiary/aromatic N) is 1. The lowest BCUT2D eigenvalue weighted by Crippen LogP contribution is -2.41. The van der Waals surface area contributed by atoms with Gasteiger partial charge in [-0.05, 0) is 37.6 Å². The van der Waals surface area contributed by atoms with E-state index >= 15 is 0 Å². The Kier molecular flexibility index (Phi) is 5.26. The van der Waals surface area contributed by atoms with Crippen molar-refractivity contribution < 1.29 is 9.53 Å². The highest BCUT2D eigenvalue weighted by Gasteiger charge is 2.28. The Labute approximate surface area is 125 Å². The predicted molar refractivity (Wildman–Crippen MR) is 80.4 cm³/mol. The number of likely N-dealkylation sites (tertiary alicyclic amines) is 1. The molecule has 0 saturated carbocycles. The third-order valence-electron chi connectivity index (χ3n) is 3.74. The van der Waals surface area contributed by atoms with Crippen molar-refractivity contribution in [2.75, 3.05) is 27.2 Å². The van der Waals surface area contributed by atoms with Crippen molar-refractivity contribution in [2.45, 2.75) is 25.3 Å². The summed E-state index contributed by atoms with van der Waals surface area (Å²) in [5, 5.41) is 3.73. The molecular formula is C15H21ClN2O2. The molecule has 1 unspecified atom stereocenters. The number of hydrogen-bond acceptors (Lipinski definition) is 3. The van der Waals surface area contributed by atoms with E-state index in [0.29, 0.717) is 23.2 Å². The first-order valence-electron chi connectivity index (χ1n) is 6.92. The van der Waals surface area contributed by atoms with Crippen LogP contribution in [0.3, 0.4) is 0 Å². The molecule has 1 saturated heterocycles. The third kappa shape index (κ3) is 3.44. The molecule has 1 atom stereocenters. The molecular weight excluding hydrogens is 276 g/mol. The molecule has 1 heterocycles. The van der Waals surface area contributed by atoms with Crippen LogP contribution in [-0.2, 0) is 11.2 Å². The largest absolute Gasteiger partial charge is 0.497 e. The van der Waals surface area contributed by atoms with Gasteiger partial charge in [-0.15, -0.1) is 0 Å². The van der Waals surface area contributed by atoms with Gasteiger partial charge < -0.3 is 15.0 Å². The summed E-state index contributed by atoms with van der Waals surface area (Å²) in [4.78, 5) is 14.4. The Morgan fingerprint density at radius 1 is 1.55 bits per heavy atom. The molecule has 2 rings (SSSR count). The lowest BCUT2D eigenvalue weighted by atomic mass is 10.1. The number of halogens is 1. The number of amides is 1. The van der Waals surface area contributed by atoms with Gasteiger partial charge in [0.25, 0.3) is 0 Å². The van der Waals surface area contributed by atoms with E-state index < -0.39 is 0 Å². The normalized spacial score (nSPS) is 18.4. The fourth-order valence-corrected chi connectivity index (χ4v) is 2.91. The highest BCUT2D eigenvalue weighted by molar-refractivity contribution is 6.31. The second-order valence-corrected chi connectivity index (χ2v) is 5.48. The van der Waals surface area contributed by atoms with Crippen LogP contribution in [0, 0.1) is 0 Å². The minimum Gasteiger partial charge on any atom is -0.497 e. The number of rotatable bonds is 5. The molecule has 110 valence electrons. The van der Waals surface area contributed by atoms with Crippen LogP contribution >= 0.6 is 11.6 Å². The summed E-state index contributed by atoms with van der Waals surface area (Å²) in [6.07, 6.45) is 2.50. The average molecular weight is 297 g/mol. The van der Waals surface area contributed by atoms with Crippen LogP contribution < -0.4 is 10.1 Å². The van der Waals surface area contributed by atoms with E-state index in [1.807, 2.05) is 24.1 Å². The van der Waals surface area contributed by atoms with Crippen molar-refractivity contribution in [3.63, 3.8) is 0 Å². The maximum Gasteiger partial charge on any atom is 0.227 e. The molecule has 1 N–H and O–H groups in total. The van der Waals surface area contributed by atoms with Crippen LogP contribution in [-0.4, -0.2) is 44.1 Å². The zero-order valence-corrected chi connectivity index (χ0v) is 12.7. The molecule has 1 aromatic carbocycles. The Bertz CT molecular complexity index is 479. The number of ether oxygens (including phenoxy) is 1. The van der Waals surface area contributed by atoms with E-state index in [9.17, 15) is 4.79 Å². The van der Waals surface area contributed by atoms with Gasteiger partial charge in [0.15, 0.2) is 0 Å². The van der Waals surface area contributed by atoms with Crippen LogP contribution in [0.25, 0.3) is 0 Å². The molecule has 0 spiro atoms. The molecule has 4 nitrogen and oxygen atoms in total. The van der Waals surface area contributed by atoms with E-state index in [0.717, 1.165) is 31.5 Å². The van der Waals surface area contributed by atoms with Gasteiger partial charge >= 0.3 is 0 Å². The third-order valence-corrected chi connectivity index (χ3v) is 4.09. The summed E-state index contributed by atoms with van der Waals surface area (Å²) in [5.74, 6) is 0.857. The van der Waals surface area contributed by atoms with Gasteiger partial charge in [-0.1, -0.05) is 17.7 Å². The van der Waals surface area contributed by atoms with Gasteiger partial charge in [-0.25, -0.2) is 0 Å². The van der Waals surface area contributed by atoms with Gasteiger partial charge in [-0.2, -0.15) is 0 Å². The van der Waals surface area contributed by atoms with Crippen molar-refractivity contribution >= 4 is 17.5 Å². The van der Waals surface area contributed by atoms with Gasteiger partial charge in [0, 0.05) is 24.2 Å². The molecule has 1 aliphatic heterocycles. The quantitative estimate of drug-likeness (QED) is 0.905. The first kappa shape index (κ1) is 15.1. The SMILES string of the molecule is CNCC1CCCN1C(=O)Cc1ccc(OC)cc1Cl. The maximum absolute atomic E-state index is 12.4. The molecule has 1 aromatic rings. The molecule has 0 bridgehead atoms. The predicted octanol–water partition coefficient (Wildman–Crippen LogP) is 2.10. The van der Waals surface area contributed by atoms with Gasteiger partial charge in [-0.3, -0.25) is 4.79 Å². The fraction of sp³-hybridized carbons (Fsp3) is 0.533. The molecule has 5 heteroatoms. The number of carbonyl (C=O) groups is 1. The number of likely N-dealkylation sites (N-methyl/N-ethyl adjacent to an activating group) is 1. The lowest BCUT2D eigenvalue weighted by Gasteiger charge is -2.24. The summed E-state index contributed by atoms with van der Waals surface area (Å²) >= 11 is 6.19. The van der Waals surface area contributed by atoms with E-state index in [2.05, 4.69) is 5.32 Å². The lowest BCUT2D eigenvalue weighted by molar-refractivity contribution is -0.131. The molecule has 0 aliphatic carbocycles. The monoisotopic (exact) mass is 296 g/mol. The number of methoxy groups -OCH3 is 1. The van der Waals surface area contributed by atoms with Crippen molar-refractivity contribution in [1.29, 1.82) is 0 Å². The van der Waals surface area contributed by atoms with Crippen molar-refractivity contribution in [3.05, 3.63) is 28.8 Å². The van der Waals surface area contributed by atoms with E-state index in [-0.39, 0.29) is 5.91 Å². The molecule has 1 aliphatic rings. The first-order valence-corrected chi connectivity index (χ1v) is 7.30. The Hall–Kier alpha value is -1.26. The minimum atomic E-state index is 0.148. The first-order chi connectivity index (χ1) is 9.65. The molecule has 0 aromatic heterocycles. The van der Waals surface area contributed by atoms with Crippen LogP contribution in [0.4, 0.5) is 0 Å². The Morgan fingerprint density at radius 3 is 3.00 bits per heavy atom. The number of benzene rings is 1. The topological polar surface area (TPSA) is 41.6 Å². The summed E-state index contributed by atoms with van der Waals surface area (Å²) in [6, 6.07) is 5.76. The second-order valence-electron chi connectivity index (χ2n) is 5.07. The number of carbonyl (C=O) groups excluding carboxylic acids is 1. The zero-order valence-electron chi connectivity index (χ0n) is 12.0. The van der Waals surface area contributed by atoms with Crippen LogP contribution in [0.15, 0.2) is 18.2 Å². The Balaban J connectivity index is 2.04. The highest BCUT2D eigenvalue weighted by Crippen LogP contribution is 2.24. The van der Waals surface area contributed by atoms with Crippen LogP contribution in [0.5, 0.6) is 5.75 Å². The van der Waals surface area contributed by atoms with Crippen molar-refractivity contribution in [2.24, 2.45) is 0 Å². The van der Waals surface area contributed by atoms with Crippen molar-refractivity contribution in [3.8, 4) is 5.75 Å². The molecule has 1 fully saturated rings. The number of nitrogens with one attached hydrogen (secondary N) is 1. The van der Waals surface area contributed by atoms with Crippen molar-refractivity contribution in [1.82, 2.24) is 10.2 Å². The summed E-state index contributed by atoms with van der Waals surface area (Å²) in [6.45, 7) is 1.70. The number of hydrogen-bond donors (Lipinski definition) is 1. The van der Waals surface area contributed by atoms with Gasteiger partial charge in [0.1, 0.15) is 5.75 Å². The summed E-state index contributed by atoms with van der Waals surface area (Å²) < 4.78 is 5.12. The zero-order chi connectivity index (χ0) is 14.5. The van der Waals surface area contributed by atoms with Gasteiger partial charge in [0.05, 0.1) is 13.5 Å². The summed E-state index contributed by atoms with van der Waals surface area (Å²) in [5.41, 5.74) is 0.854. The second kappa shape index (κ2) is 6.95. The van der Waals surface area contributed by atoms with E-state index in [1.54, 1.807) is 13.2 Å². The highest BCUT2D eigenvalue weighted by atomic mass is 35.5. The smallest absolute Gasteiger partial charge is 0.227 e. The Morgan fingerprint density at radius 2 is 2.35 bits per heavy atom. The van der Waals surface area contributed by atoms with E-state index in [1.165, 1.54) is 0 Å². The molecule has 1 amide bonds. The van der Waals surface area contributed by atoms with Gasteiger partial charge in [0.2, 0.25) is 5.91 Å². The van der Waals surface area contributed by atoms with Crippen LogP contribution in [0.1, 0.15) is 18.4 Å². The summed E-state index contributed by atoms with van der Waals surface area (Å²) in [7, 11) is 3.52. The van der Waals surface area contributed by atoms with E-state index in [4.69, 9.17) is 16.3 Å². The standard InChI is InChI=1S/C15H21ClN2O2/c1-17-10-12-4-3-7-18(12)15(19)8-11-5-6-13(20-2)9-14(11)16/h5-6,9,12,17H,3-4,7-8,10H2,1-2H3. The van der Waals surface area contributed by atoms with Crippen LogP contribution in [0.2, 0.25) is 5.02 Å². The average Bonchev–Trinajstić information content (AvgIpc) is 2.89. The molecule has 20 heavy (non-hydrogen) atoms.